The maximum Gasteiger partial charge on any atom is 0.416 e. The van der Waals surface area contributed by atoms with E-state index in [2.05, 4.69) is 10.6 Å². The average Bonchev–Trinajstić information content (AvgIpc) is 3.31. The molecule has 0 aliphatic rings. The van der Waals surface area contributed by atoms with Gasteiger partial charge in [-0.15, -0.1) is 11.3 Å². The molecule has 0 aliphatic carbocycles. The van der Waals surface area contributed by atoms with E-state index in [-0.39, 0.29) is 12.2 Å². The zero-order chi connectivity index (χ0) is 19.4. The van der Waals surface area contributed by atoms with Crippen LogP contribution in [0.1, 0.15) is 27.2 Å². The molecule has 2 aromatic heterocycles. The Labute approximate surface area is 156 Å². The molecule has 0 radical (unpaired) electrons. The largest absolute Gasteiger partial charge is 0.466 e. The van der Waals surface area contributed by atoms with Gasteiger partial charge in [-0.2, -0.15) is 13.2 Å². The van der Waals surface area contributed by atoms with E-state index < -0.39 is 23.9 Å². The molecule has 1 aromatic carbocycles. The molecule has 0 fully saturated rings. The van der Waals surface area contributed by atoms with Crippen molar-refractivity contribution in [2.24, 2.45) is 0 Å². The van der Waals surface area contributed by atoms with E-state index in [1.165, 1.54) is 29.7 Å². The summed E-state index contributed by atoms with van der Waals surface area (Å²) in [6.45, 7) is 0.167. The van der Waals surface area contributed by atoms with Gasteiger partial charge in [-0.1, -0.05) is 6.07 Å². The Kier molecular flexibility index (Phi) is 5.52. The van der Waals surface area contributed by atoms with Gasteiger partial charge in [0, 0.05) is 15.4 Å². The van der Waals surface area contributed by atoms with Crippen LogP contribution in [0.25, 0.3) is 0 Å². The van der Waals surface area contributed by atoms with E-state index in [0.717, 1.165) is 17.0 Å². The van der Waals surface area contributed by atoms with E-state index in [1.807, 2.05) is 0 Å². The Morgan fingerprint density at radius 1 is 1.19 bits per heavy atom. The van der Waals surface area contributed by atoms with Gasteiger partial charge in [0.15, 0.2) is 0 Å². The number of amides is 2. The second-order valence-corrected chi connectivity index (χ2v) is 6.81. The number of furan rings is 1. The molecule has 3 aromatic rings. The number of carbonyl (C=O) groups is 1. The van der Waals surface area contributed by atoms with E-state index >= 15 is 0 Å². The fourth-order valence-corrected chi connectivity index (χ4v) is 3.29. The van der Waals surface area contributed by atoms with Crippen LogP contribution in [0, 0.1) is 0 Å². The molecule has 0 bridgehead atoms. The van der Waals surface area contributed by atoms with Crippen molar-refractivity contribution < 1.29 is 27.5 Å². The lowest BCUT2D eigenvalue weighted by molar-refractivity contribution is -0.137. The Hall–Kier alpha value is -2.78. The number of hydrogen-bond donors (Lipinski definition) is 3. The van der Waals surface area contributed by atoms with Crippen LogP contribution in [-0.4, -0.2) is 11.1 Å². The van der Waals surface area contributed by atoms with E-state index in [0.29, 0.717) is 10.6 Å². The Balaban J connectivity index is 1.56. The van der Waals surface area contributed by atoms with Gasteiger partial charge in [-0.25, -0.2) is 4.79 Å². The highest BCUT2D eigenvalue weighted by molar-refractivity contribution is 7.12. The number of benzene rings is 1. The van der Waals surface area contributed by atoms with Crippen molar-refractivity contribution in [2.75, 3.05) is 5.32 Å². The van der Waals surface area contributed by atoms with Gasteiger partial charge in [0.2, 0.25) is 0 Å². The summed E-state index contributed by atoms with van der Waals surface area (Å²) in [5, 5.41) is 15.1. The second-order valence-electron chi connectivity index (χ2n) is 5.61. The van der Waals surface area contributed by atoms with Crippen molar-refractivity contribution in [2.45, 2.75) is 18.8 Å². The van der Waals surface area contributed by atoms with Crippen molar-refractivity contribution in [3.63, 3.8) is 0 Å². The highest BCUT2D eigenvalue weighted by Crippen LogP contribution is 2.31. The molecule has 3 N–H and O–H groups in total. The van der Waals surface area contributed by atoms with Gasteiger partial charge in [-0.3, -0.25) is 0 Å². The maximum absolute atomic E-state index is 12.7. The number of carbonyl (C=O) groups excluding carboxylic acids is 1. The highest BCUT2D eigenvalue weighted by atomic mass is 32.1. The van der Waals surface area contributed by atoms with E-state index in [1.54, 1.807) is 24.3 Å². The molecule has 142 valence electrons. The number of aliphatic hydroxyl groups excluding tert-OH is 1. The van der Waals surface area contributed by atoms with Gasteiger partial charge in [-0.05, 0) is 42.5 Å². The van der Waals surface area contributed by atoms with Crippen LogP contribution in [0.4, 0.5) is 23.7 Å². The third-order valence-electron chi connectivity index (χ3n) is 3.64. The fraction of sp³-hybridized carbons (Fsp3) is 0.167. The lowest BCUT2D eigenvalue weighted by atomic mass is 10.2. The molecule has 3 rings (SSSR count). The van der Waals surface area contributed by atoms with E-state index in [9.17, 15) is 23.1 Å². The number of halogens is 3. The first-order valence-electron chi connectivity index (χ1n) is 7.85. The molecule has 0 unspecified atom stereocenters. The zero-order valence-electron chi connectivity index (χ0n) is 13.8. The molecule has 27 heavy (non-hydrogen) atoms. The second kappa shape index (κ2) is 7.85. The van der Waals surface area contributed by atoms with Crippen LogP contribution in [-0.2, 0) is 12.7 Å². The number of urea groups is 1. The first-order valence-corrected chi connectivity index (χ1v) is 8.67. The number of rotatable bonds is 5. The number of hydrogen-bond acceptors (Lipinski definition) is 4. The predicted octanol–water partition coefficient (Wildman–Crippen LogP) is 4.76. The van der Waals surface area contributed by atoms with Gasteiger partial charge in [0.05, 0.1) is 18.4 Å². The Morgan fingerprint density at radius 2 is 2.00 bits per heavy atom. The van der Waals surface area contributed by atoms with Gasteiger partial charge in [0.1, 0.15) is 11.9 Å². The molecule has 0 spiro atoms. The minimum atomic E-state index is -4.48. The minimum absolute atomic E-state index is 0.0439. The average molecular weight is 396 g/mol. The lowest BCUT2D eigenvalue weighted by Crippen LogP contribution is -2.27. The molecule has 2 heterocycles. The first-order chi connectivity index (χ1) is 12.8. The summed E-state index contributed by atoms with van der Waals surface area (Å²) < 4.78 is 43.2. The molecule has 2 amide bonds. The summed E-state index contributed by atoms with van der Waals surface area (Å²) in [5.74, 6) is 0.415. The normalized spacial score (nSPS) is 12.6. The number of anilines is 1. The van der Waals surface area contributed by atoms with Gasteiger partial charge in [0.25, 0.3) is 0 Å². The lowest BCUT2D eigenvalue weighted by Gasteiger charge is -2.10. The van der Waals surface area contributed by atoms with Gasteiger partial charge >= 0.3 is 12.2 Å². The van der Waals surface area contributed by atoms with Crippen molar-refractivity contribution in [3.05, 3.63) is 75.9 Å². The molecule has 1 atom stereocenters. The van der Waals surface area contributed by atoms with Crippen molar-refractivity contribution in [1.82, 2.24) is 5.32 Å². The van der Waals surface area contributed by atoms with Crippen LogP contribution in [0.3, 0.4) is 0 Å². The van der Waals surface area contributed by atoms with Crippen molar-refractivity contribution >= 4 is 23.1 Å². The standard InChI is InChI=1S/C18H15F3N2O3S/c19-18(20,21)11-3-1-4-12(9-11)23-17(25)22-10-13-6-7-15(27-13)16(24)14-5-2-8-26-14/h1-9,16,24H,10H2,(H2,22,23,25)/t16-/m0/s1. The molecule has 0 aliphatic heterocycles. The number of alkyl halides is 3. The molecular weight excluding hydrogens is 381 g/mol. The van der Waals surface area contributed by atoms with Crippen LogP contribution in [0.15, 0.2) is 59.2 Å². The van der Waals surface area contributed by atoms with Crippen molar-refractivity contribution in [1.29, 1.82) is 0 Å². The quantitative estimate of drug-likeness (QED) is 0.582. The van der Waals surface area contributed by atoms with Crippen LogP contribution in [0.5, 0.6) is 0 Å². The van der Waals surface area contributed by atoms with Crippen LogP contribution < -0.4 is 10.6 Å². The summed E-state index contributed by atoms with van der Waals surface area (Å²) in [6.07, 6.45) is -3.90. The van der Waals surface area contributed by atoms with Crippen LogP contribution in [0.2, 0.25) is 0 Å². The topological polar surface area (TPSA) is 74.5 Å². The molecular formula is C18H15F3N2O3S. The Morgan fingerprint density at radius 3 is 2.70 bits per heavy atom. The number of nitrogens with one attached hydrogen (secondary N) is 2. The third-order valence-corrected chi connectivity index (χ3v) is 4.77. The smallest absolute Gasteiger partial charge is 0.416 e. The maximum atomic E-state index is 12.7. The third kappa shape index (κ3) is 4.89. The predicted molar refractivity (Wildman–Crippen MR) is 94.4 cm³/mol. The molecule has 9 heteroatoms. The monoisotopic (exact) mass is 396 g/mol. The zero-order valence-corrected chi connectivity index (χ0v) is 14.6. The van der Waals surface area contributed by atoms with Gasteiger partial charge < -0.3 is 20.2 Å². The molecule has 5 nitrogen and oxygen atoms in total. The summed E-state index contributed by atoms with van der Waals surface area (Å²) >= 11 is 1.29. The molecule has 0 saturated carbocycles. The SMILES string of the molecule is O=C(NCc1ccc([C@@H](O)c2ccco2)s1)Nc1cccc(C(F)(F)F)c1. The minimum Gasteiger partial charge on any atom is -0.466 e. The van der Waals surface area contributed by atoms with Crippen molar-refractivity contribution in [3.8, 4) is 0 Å². The number of aliphatic hydroxyl groups is 1. The summed E-state index contributed by atoms with van der Waals surface area (Å²) in [7, 11) is 0. The summed E-state index contributed by atoms with van der Waals surface area (Å²) in [6, 6.07) is 10.6. The first kappa shape index (κ1) is 19.0. The summed E-state index contributed by atoms with van der Waals surface area (Å²) in [4.78, 5) is 13.3. The molecule has 0 saturated heterocycles. The summed E-state index contributed by atoms with van der Waals surface area (Å²) in [5.41, 5.74) is -0.794. The fourth-order valence-electron chi connectivity index (χ4n) is 2.34. The highest BCUT2D eigenvalue weighted by Gasteiger charge is 2.30. The van der Waals surface area contributed by atoms with Crippen LogP contribution >= 0.6 is 11.3 Å². The van der Waals surface area contributed by atoms with E-state index in [4.69, 9.17) is 4.42 Å². The number of thiophene rings is 1. The Bertz CT molecular complexity index is 907.